The molecule has 0 spiro atoms. The molecule has 0 bridgehead atoms. The molecule has 1 aromatic carbocycles. The summed E-state index contributed by atoms with van der Waals surface area (Å²) in [5.74, 6) is 1.57. The normalized spacial score (nSPS) is 23.6. The molecular weight excluding hydrogens is 222 g/mol. The molecule has 1 aliphatic rings. The minimum Gasteiger partial charge on any atom is -0.507 e. The van der Waals surface area contributed by atoms with Crippen molar-refractivity contribution in [1.82, 2.24) is 0 Å². The molecule has 0 atom stereocenters. The van der Waals surface area contributed by atoms with E-state index in [1.54, 1.807) is 6.07 Å². The van der Waals surface area contributed by atoms with Crippen molar-refractivity contribution in [1.29, 1.82) is 5.26 Å². The minimum absolute atomic E-state index is 0.0981. The zero-order valence-corrected chi connectivity index (χ0v) is 11.0. The molecule has 0 unspecified atom stereocenters. The molecule has 2 nitrogen and oxygen atoms in total. The molecule has 0 amide bonds. The Balaban J connectivity index is 2.04. The van der Waals surface area contributed by atoms with E-state index in [1.807, 2.05) is 12.1 Å². The van der Waals surface area contributed by atoms with Gasteiger partial charge in [0.1, 0.15) is 11.8 Å². The summed E-state index contributed by atoms with van der Waals surface area (Å²) in [5, 5.41) is 18.5. The fourth-order valence-electron chi connectivity index (χ4n) is 3.09. The lowest BCUT2D eigenvalue weighted by Crippen LogP contribution is -2.13. The summed E-state index contributed by atoms with van der Waals surface area (Å²) in [7, 11) is 0. The van der Waals surface area contributed by atoms with Gasteiger partial charge in [-0.25, -0.2) is 0 Å². The Bertz CT molecular complexity index is 439. The Morgan fingerprint density at radius 2 is 2.00 bits per heavy atom. The van der Waals surface area contributed by atoms with Crippen molar-refractivity contribution in [3.05, 3.63) is 29.3 Å². The maximum Gasteiger partial charge on any atom is 0.133 e. The maximum atomic E-state index is 9.52. The topological polar surface area (TPSA) is 44.0 Å². The third-order valence-corrected chi connectivity index (χ3v) is 4.16. The molecule has 2 heteroatoms. The first kappa shape index (κ1) is 13.0. The summed E-state index contributed by atoms with van der Waals surface area (Å²) >= 11 is 0. The van der Waals surface area contributed by atoms with Crippen molar-refractivity contribution >= 4 is 0 Å². The van der Waals surface area contributed by atoms with Crippen LogP contribution in [0.25, 0.3) is 0 Å². The molecule has 2 rings (SSSR count). The molecule has 0 saturated heterocycles. The van der Waals surface area contributed by atoms with Crippen molar-refractivity contribution in [3.8, 4) is 11.8 Å². The predicted octanol–water partition coefficient (Wildman–Crippen LogP) is 4.34. The molecule has 0 radical (unpaired) electrons. The van der Waals surface area contributed by atoms with Crippen LogP contribution in [0.1, 0.15) is 62.5 Å². The Kier molecular flexibility index (Phi) is 4.25. The Morgan fingerprint density at radius 3 is 2.61 bits per heavy atom. The van der Waals surface area contributed by atoms with Gasteiger partial charge >= 0.3 is 0 Å². The number of benzene rings is 1. The van der Waals surface area contributed by atoms with Crippen molar-refractivity contribution in [3.63, 3.8) is 0 Å². The number of hydrogen-bond acceptors (Lipinski definition) is 2. The van der Waals surface area contributed by atoms with E-state index in [1.165, 1.54) is 44.1 Å². The van der Waals surface area contributed by atoms with E-state index in [0.717, 1.165) is 5.92 Å². The number of hydrogen-bond donors (Lipinski definition) is 1. The van der Waals surface area contributed by atoms with E-state index in [2.05, 4.69) is 13.0 Å². The average molecular weight is 243 g/mol. The summed E-state index contributed by atoms with van der Waals surface area (Å²) in [6.45, 7) is 2.26. The molecule has 0 aromatic heterocycles. The smallest absolute Gasteiger partial charge is 0.133 e. The van der Waals surface area contributed by atoms with Crippen molar-refractivity contribution in [2.75, 3.05) is 0 Å². The van der Waals surface area contributed by atoms with Crippen molar-refractivity contribution < 1.29 is 5.11 Å². The van der Waals surface area contributed by atoms with Gasteiger partial charge in [0.05, 0.1) is 5.56 Å². The van der Waals surface area contributed by atoms with Crippen LogP contribution in [0.5, 0.6) is 5.75 Å². The van der Waals surface area contributed by atoms with E-state index in [9.17, 15) is 5.11 Å². The highest BCUT2D eigenvalue weighted by Crippen LogP contribution is 2.38. The highest BCUT2D eigenvalue weighted by atomic mass is 16.3. The Hall–Kier alpha value is -1.49. The van der Waals surface area contributed by atoms with Gasteiger partial charge in [0.25, 0.3) is 0 Å². The van der Waals surface area contributed by atoms with Gasteiger partial charge in [-0.05, 0) is 55.2 Å². The molecule has 1 aliphatic carbocycles. The summed E-state index contributed by atoms with van der Waals surface area (Å²) < 4.78 is 0. The van der Waals surface area contributed by atoms with Crippen LogP contribution < -0.4 is 0 Å². The van der Waals surface area contributed by atoms with Gasteiger partial charge in [-0.3, -0.25) is 0 Å². The van der Waals surface area contributed by atoms with Crippen LogP contribution in [0.4, 0.5) is 0 Å². The molecule has 0 heterocycles. The zero-order valence-electron chi connectivity index (χ0n) is 11.0. The van der Waals surface area contributed by atoms with Gasteiger partial charge in [-0.15, -0.1) is 0 Å². The van der Waals surface area contributed by atoms with Gasteiger partial charge in [-0.1, -0.05) is 25.8 Å². The van der Waals surface area contributed by atoms with Crippen LogP contribution in [0, 0.1) is 17.2 Å². The molecule has 18 heavy (non-hydrogen) atoms. The second-order valence-electron chi connectivity index (χ2n) is 5.39. The number of phenols is 1. The molecule has 1 saturated carbocycles. The Labute approximate surface area is 109 Å². The fraction of sp³-hybridized carbons (Fsp3) is 0.562. The van der Waals surface area contributed by atoms with Crippen LogP contribution >= 0.6 is 0 Å². The van der Waals surface area contributed by atoms with Gasteiger partial charge < -0.3 is 5.11 Å². The molecule has 96 valence electrons. The first-order valence-electron chi connectivity index (χ1n) is 6.97. The number of rotatable bonds is 3. The third-order valence-electron chi connectivity index (χ3n) is 4.16. The second-order valence-corrected chi connectivity index (χ2v) is 5.39. The first-order valence-corrected chi connectivity index (χ1v) is 6.97. The second kappa shape index (κ2) is 5.91. The lowest BCUT2D eigenvalue weighted by molar-refractivity contribution is 0.308. The molecular formula is C16H21NO. The number of nitrogens with zero attached hydrogens (tertiary/aromatic N) is 1. The highest BCUT2D eigenvalue weighted by Gasteiger charge is 2.22. The van der Waals surface area contributed by atoms with E-state index in [-0.39, 0.29) is 5.75 Å². The van der Waals surface area contributed by atoms with Crippen molar-refractivity contribution in [2.45, 2.75) is 51.4 Å². The monoisotopic (exact) mass is 243 g/mol. The fourth-order valence-corrected chi connectivity index (χ4v) is 3.09. The Morgan fingerprint density at radius 1 is 1.28 bits per heavy atom. The standard InChI is InChI=1S/C16H21NO/c1-2-3-12-4-6-13(7-5-12)14-8-9-16(18)15(10-14)11-17/h8-10,12-13,18H,2-7H2,1H3/t12-,13-. The predicted molar refractivity (Wildman–Crippen MR) is 72.4 cm³/mol. The number of phenolic OH excluding ortho intramolecular Hbond substituents is 1. The molecule has 1 fully saturated rings. The summed E-state index contributed by atoms with van der Waals surface area (Å²) in [6, 6.07) is 7.55. The quantitative estimate of drug-likeness (QED) is 0.858. The van der Waals surface area contributed by atoms with Crippen LogP contribution in [-0.4, -0.2) is 5.11 Å². The highest BCUT2D eigenvalue weighted by molar-refractivity contribution is 5.45. The number of nitriles is 1. The van der Waals surface area contributed by atoms with Crippen molar-refractivity contribution in [2.24, 2.45) is 5.92 Å². The molecule has 1 aromatic rings. The maximum absolute atomic E-state index is 9.52. The van der Waals surface area contributed by atoms with Gasteiger partial charge in [-0.2, -0.15) is 5.26 Å². The molecule has 1 N–H and O–H groups in total. The van der Waals surface area contributed by atoms with Gasteiger partial charge in [0.15, 0.2) is 0 Å². The van der Waals surface area contributed by atoms with E-state index < -0.39 is 0 Å². The van der Waals surface area contributed by atoms with Crippen LogP contribution in [-0.2, 0) is 0 Å². The van der Waals surface area contributed by atoms with Gasteiger partial charge in [0.2, 0.25) is 0 Å². The van der Waals surface area contributed by atoms with Crippen LogP contribution in [0.3, 0.4) is 0 Å². The largest absolute Gasteiger partial charge is 0.507 e. The zero-order chi connectivity index (χ0) is 13.0. The summed E-state index contributed by atoms with van der Waals surface area (Å²) in [4.78, 5) is 0. The van der Waals surface area contributed by atoms with E-state index >= 15 is 0 Å². The van der Waals surface area contributed by atoms with E-state index in [4.69, 9.17) is 5.26 Å². The van der Waals surface area contributed by atoms with Crippen LogP contribution in [0.2, 0.25) is 0 Å². The average Bonchev–Trinajstić information content (AvgIpc) is 2.41. The summed E-state index contributed by atoms with van der Waals surface area (Å²) in [6.07, 6.45) is 7.70. The molecule has 0 aliphatic heterocycles. The SMILES string of the molecule is CCC[C@H]1CC[C@H](c2ccc(O)c(C#N)c2)CC1. The summed E-state index contributed by atoms with van der Waals surface area (Å²) in [5.41, 5.74) is 1.63. The van der Waals surface area contributed by atoms with E-state index in [0.29, 0.717) is 11.5 Å². The number of aromatic hydroxyl groups is 1. The third kappa shape index (κ3) is 2.85. The van der Waals surface area contributed by atoms with Crippen LogP contribution in [0.15, 0.2) is 18.2 Å². The lowest BCUT2D eigenvalue weighted by atomic mass is 9.77. The van der Waals surface area contributed by atoms with Gasteiger partial charge in [0, 0.05) is 0 Å². The lowest BCUT2D eigenvalue weighted by Gasteiger charge is -2.28. The minimum atomic E-state index is 0.0981. The first-order chi connectivity index (χ1) is 8.74.